The number of aliphatic carboxylic acids is 1. The average molecular weight is 295 g/mol. The second-order valence-corrected chi connectivity index (χ2v) is 4.90. The second-order valence-electron chi connectivity index (χ2n) is 4.90. The van der Waals surface area contributed by atoms with Crippen LogP contribution < -0.4 is 4.90 Å². The highest BCUT2D eigenvalue weighted by molar-refractivity contribution is 5.77. The molecular formula is C12H13N3O6. The molecule has 1 aliphatic rings. The van der Waals surface area contributed by atoms with Crippen LogP contribution in [0.4, 0.5) is 17.1 Å². The van der Waals surface area contributed by atoms with Gasteiger partial charge in [0.25, 0.3) is 11.4 Å². The first kappa shape index (κ1) is 14.7. The van der Waals surface area contributed by atoms with Gasteiger partial charge < -0.3 is 10.0 Å². The molecule has 9 nitrogen and oxygen atoms in total. The summed E-state index contributed by atoms with van der Waals surface area (Å²) in [7, 11) is 0. The Morgan fingerprint density at radius 3 is 2.43 bits per heavy atom. The molecule has 1 aromatic carbocycles. The third-order valence-electron chi connectivity index (χ3n) is 3.21. The molecule has 9 heteroatoms. The summed E-state index contributed by atoms with van der Waals surface area (Å²) in [5.41, 5.74) is -0.752. The number of carboxylic acids is 1. The first-order valence-electron chi connectivity index (χ1n) is 6.28. The van der Waals surface area contributed by atoms with Gasteiger partial charge in [0.15, 0.2) is 0 Å². The van der Waals surface area contributed by atoms with Crippen LogP contribution >= 0.6 is 0 Å². The van der Waals surface area contributed by atoms with Crippen molar-refractivity contribution in [3.8, 4) is 0 Å². The average Bonchev–Trinajstić information content (AvgIpc) is 3.20. The molecule has 0 unspecified atom stereocenters. The monoisotopic (exact) mass is 295 g/mol. The first-order chi connectivity index (χ1) is 9.88. The van der Waals surface area contributed by atoms with Gasteiger partial charge in [0.1, 0.15) is 12.2 Å². The van der Waals surface area contributed by atoms with Gasteiger partial charge in [0, 0.05) is 12.6 Å². The van der Waals surface area contributed by atoms with Gasteiger partial charge in [-0.2, -0.15) is 0 Å². The number of carboxylic acid groups (broad SMARTS) is 1. The normalized spacial score (nSPS) is 13.7. The molecule has 1 aromatic rings. The Kier molecular flexibility index (Phi) is 4.01. The molecule has 0 spiro atoms. The maximum absolute atomic E-state index is 11.1. The molecule has 1 N–H and O–H groups in total. The number of carbonyl (C=O) groups is 1. The van der Waals surface area contributed by atoms with Crippen molar-refractivity contribution in [3.05, 3.63) is 38.4 Å². The zero-order chi connectivity index (χ0) is 15.6. The number of nitro groups is 2. The lowest BCUT2D eigenvalue weighted by Crippen LogP contribution is -2.32. The van der Waals surface area contributed by atoms with Crippen LogP contribution in [0, 0.1) is 26.1 Å². The van der Waals surface area contributed by atoms with Crippen molar-refractivity contribution < 1.29 is 19.7 Å². The third kappa shape index (κ3) is 3.65. The van der Waals surface area contributed by atoms with Crippen LogP contribution in [0.5, 0.6) is 0 Å². The van der Waals surface area contributed by atoms with Crippen LogP contribution in [-0.4, -0.2) is 34.0 Å². The molecule has 1 aliphatic carbocycles. The van der Waals surface area contributed by atoms with E-state index < -0.39 is 27.2 Å². The fourth-order valence-electron chi connectivity index (χ4n) is 2.06. The lowest BCUT2D eigenvalue weighted by molar-refractivity contribution is -0.393. The van der Waals surface area contributed by atoms with Crippen molar-refractivity contribution >= 4 is 23.0 Å². The highest BCUT2D eigenvalue weighted by atomic mass is 16.6. The first-order valence-corrected chi connectivity index (χ1v) is 6.28. The van der Waals surface area contributed by atoms with Crippen LogP contribution in [-0.2, 0) is 4.79 Å². The number of nitro benzene ring substituents is 2. The number of non-ortho nitro benzene ring substituents is 1. The van der Waals surface area contributed by atoms with E-state index in [1.54, 1.807) is 0 Å². The summed E-state index contributed by atoms with van der Waals surface area (Å²) >= 11 is 0. The quantitative estimate of drug-likeness (QED) is 0.600. The SMILES string of the molecule is O=C(O)CN(CC1CC1)c1ccc([N+](=O)[O-])cc1[N+](=O)[O-]. The molecule has 0 saturated heterocycles. The largest absolute Gasteiger partial charge is 0.480 e. The summed E-state index contributed by atoms with van der Waals surface area (Å²) in [6.07, 6.45) is 1.91. The number of hydrogen-bond donors (Lipinski definition) is 1. The van der Waals surface area contributed by atoms with E-state index in [-0.39, 0.29) is 12.2 Å². The minimum Gasteiger partial charge on any atom is -0.480 e. The van der Waals surface area contributed by atoms with Gasteiger partial charge in [-0.05, 0) is 24.8 Å². The molecule has 2 rings (SSSR count). The van der Waals surface area contributed by atoms with E-state index in [0.29, 0.717) is 12.5 Å². The molecular weight excluding hydrogens is 282 g/mol. The summed E-state index contributed by atoms with van der Waals surface area (Å²) in [5.74, 6) is -0.789. The van der Waals surface area contributed by atoms with Crippen molar-refractivity contribution in [2.75, 3.05) is 18.0 Å². The van der Waals surface area contributed by atoms with Gasteiger partial charge in [-0.3, -0.25) is 25.0 Å². The summed E-state index contributed by atoms with van der Waals surface area (Å²) < 4.78 is 0. The maximum atomic E-state index is 11.1. The zero-order valence-electron chi connectivity index (χ0n) is 11.0. The standard InChI is InChI=1S/C12H13N3O6/c16-12(17)7-13(6-8-1-2-8)10-4-3-9(14(18)19)5-11(10)15(20)21/h3-5,8H,1-2,6-7H2,(H,16,17). The highest BCUT2D eigenvalue weighted by Gasteiger charge is 2.30. The van der Waals surface area contributed by atoms with Gasteiger partial charge in [-0.1, -0.05) is 0 Å². The Balaban J connectivity index is 2.39. The van der Waals surface area contributed by atoms with Crippen molar-refractivity contribution in [2.45, 2.75) is 12.8 Å². The van der Waals surface area contributed by atoms with Crippen LogP contribution in [0.2, 0.25) is 0 Å². The Morgan fingerprint density at radius 2 is 1.95 bits per heavy atom. The fourth-order valence-corrected chi connectivity index (χ4v) is 2.06. The van der Waals surface area contributed by atoms with E-state index in [9.17, 15) is 25.0 Å². The Hall–Kier alpha value is -2.71. The van der Waals surface area contributed by atoms with Gasteiger partial charge in [-0.15, -0.1) is 0 Å². The highest BCUT2D eigenvalue weighted by Crippen LogP contribution is 2.36. The molecule has 112 valence electrons. The Labute approximate surface area is 119 Å². The smallest absolute Gasteiger partial charge is 0.323 e. The maximum Gasteiger partial charge on any atom is 0.323 e. The Bertz CT molecular complexity index is 599. The number of anilines is 1. The van der Waals surface area contributed by atoms with Crippen molar-refractivity contribution in [1.29, 1.82) is 0 Å². The second kappa shape index (κ2) is 5.73. The van der Waals surface area contributed by atoms with Crippen molar-refractivity contribution in [2.24, 2.45) is 5.92 Å². The topological polar surface area (TPSA) is 127 Å². The molecule has 0 aromatic heterocycles. The minimum atomic E-state index is -1.11. The van der Waals surface area contributed by atoms with Gasteiger partial charge in [0.2, 0.25) is 0 Å². The van der Waals surface area contributed by atoms with E-state index in [4.69, 9.17) is 5.11 Å². The number of benzene rings is 1. The predicted octanol–water partition coefficient (Wildman–Crippen LogP) is 1.80. The van der Waals surface area contributed by atoms with Crippen molar-refractivity contribution in [3.63, 3.8) is 0 Å². The molecule has 1 fully saturated rings. The summed E-state index contributed by atoms with van der Waals surface area (Å²) in [4.78, 5) is 32.7. The van der Waals surface area contributed by atoms with Gasteiger partial charge in [0.05, 0.1) is 15.9 Å². The number of rotatable bonds is 7. The molecule has 0 aliphatic heterocycles. The minimum absolute atomic E-state index is 0.0971. The van der Waals surface area contributed by atoms with E-state index in [1.807, 2.05) is 0 Å². The van der Waals surface area contributed by atoms with E-state index in [2.05, 4.69) is 0 Å². The van der Waals surface area contributed by atoms with Crippen LogP contribution in [0.15, 0.2) is 18.2 Å². The number of hydrogen-bond acceptors (Lipinski definition) is 6. The molecule has 0 heterocycles. The number of nitrogens with zero attached hydrogens (tertiary/aromatic N) is 3. The predicted molar refractivity (Wildman–Crippen MR) is 72.3 cm³/mol. The van der Waals surface area contributed by atoms with Crippen LogP contribution in [0.1, 0.15) is 12.8 Å². The summed E-state index contributed by atoms with van der Waals surface area (Å²) in [5, 5.41) is 30.7. The van der Waals surface area contributed by atoms with E-state index in [1.165, 1.54) is 11.0 Å². The summed E-state index contributed by atoms with van der Waals surface area (Å²) in [6, 6.07) is 3.24. The van der Waals surface area contributed by atoms with Gasteiger partial charge >= 0.3 is 5.97 Å². The van der Waals surface area contributed by atoms with Gasteiger partial charge in [-0.25, -0.2) is 0 Å². The molecule has 0 radical (unpaired) electrons. The van der Waals surface area contributed by atoms with Crippen molar-refractivity contribution in [1.82, 2.24) is 0 Å². The van der Waals surface area contributed by atoms with Crippen LogP contribution in [0.25, 0.3) is 0 Å². The third-order valence-corrected chi connectivity index (χ3v) is 3.21. The summed E-state index contributed by atoms with van der Waals surface area (Å²) in [6.45, 7) is 0.0140. The fraction of sp³-hybridized carbons (Fsp3) is 0.417. The van der Waals surface area contributed by atoms with E-state index in [0.717, 1.165) is 25.0 Å². The molecule has 1 saturated carbocycles. The lowest BCUT2D eigenvalue weighted by Gasteiger charge is -2.22. The molecule has 0 amide bonds. The van der Waals surface area contributed by atoms with E-state index >= 15 is 0 Å². The molecule has 0 atom stereocenters. The van der Waals surface area contributed by atoms with Crippen LogP contribution in [0.3, 0.4) is 0 Å². The molecule has 21 heavy (non-hydrogen) atoms. The lowest BCUT2D eigenvalue weighted by atomic mass is 10.2. The molecule has 0 bridgehead atoms. The Morgan fingerprint density at radius 1 is 1.29 bits per heavy atom. The zero-order valence-corrected chi connectivity index (χ0v) is 11.0.